The summed E-state index contributed by atoms with van der Waals surface area (Å²) in [4.78, 5) is 10.7. The predicted octanol–water partition coefficient (Wildman–Crippen LogP) is 1.78. The lowest BCUT2D eigenvalue weighted by molar-refractivity contribution is -0.136. The summed E-state index contributed by atoms with van der Waals surface area (Å²) >= 11 is 0. The lowest BCUT2D eigenvalue weighted by Crippen LogP contribution is -2.42. The molecule has 2 N–H and O–H groups in total. The molecule has 0 aromatic heterocycles. The number of carboxylic acids is 1. The molecule has 1 rings (SSSR count). The lowest BCUT2D eigenvalue weighted by Gasteiger charge is -2.24. The molecule has 0 aliphatic rings. The van der Waals surface area contributed by atoms with E-state index in [1.165, 1.54) is 24.3 Å². The van der Waals surface area contributed by atoms with Gasteiger partial charge in [0.2, 0.25) is 10.0 Å². The fourth-order valence-corrected chi connectivity index (χ4v) is 2.94. The molecular formula is C13H19NO4S. The molecule has 5 nitrogen and oxygen atoms in total. The first-order chi connectivity index (χ1) is 8.66. The molecule has 0 bridgehead atoms. The molecule has 0 unspecified atom stereocenters. The summed E-state index contributed by atoms with van der Waals surface area (Å²) < 4.78 is 26.8. The smallest absolute Gasteiger partial charge is 0.307 e. The molecule has 0 saturated carbocycles. The topological polar surface area (TPSA) is 83.5 Å². The molecule has 0 heterocycles. The minimum atomic E-state index is -3.57. The summed E-state index contributed by atoms with van der Waals surface area (Å²) in [5, 5.41) is 8.65. The molecule has 0 fully saturated rings. The molecular weight excluding hydrogens is 266 g/mol. The highest BCUT2D eigenvalue weighted by Crippen LogP contribution is 2.16. The Morgan fingerprint density at radius 2 is 1.79 bits per heavy atom. The number of nitrogens with one attached hydrogen (secondary N) is 1. The van der Waals surface area contributed by atoms with Crippen molar-refractivity contribution in [3.8, 4) is 0 Å². The van der Waals surface area contributed by atoms with Gasteiger partial charge >= 0.3 is 5.97 Å². The molecule has 0 aliphatic heterocycles. The van der Waals surface area contributed by atoms with Crippen molar-refractivity contribution in [1.29, 1.82) is 0 Å². The second-order valence-electron chi connectivity index (χ2n) is 5.06. The third-order valence-electron chi connectivity index (χ3n) is 2.88. The number of aliphatic carboxylic acids is 1. The summed E-state index contributed by atoms with van der Waals surface area (Å²) in [5.41, 5.74) is 0.0552. The Morgan fingerprint density at radius 1 is 1.26 bits per heavy atom. The monoisotopic (exact) mass is 285 g/mol. The largest absolute Gasteiger partial charge is 0.481 e. The Labute approximate surface area is 113 Å². The van der Waals surface area contributed by atoms with Crippen LogP contribution in [0.15, 0.2) is 29.2 Å². The maximum absolute atomic E-state index is 12.1. The Hall–Kier alpha value is -1.40. The quantitative estimate of drug-likeness (QED) is 0.834. The van der Waals surface area contributed by atoms with Crippen LogP contribution in [0.5, 0.6) is 0 Å². The van der Waals surface area contributed by atoms with Crippen molar-refractivity contribution >= 4 is 16.0 Å². The molecule has 106 valence electrons. The second-order valence-corrected chi connectivity index (χ2v) is 6.74. The van der Waals surface area contributed by atoms with Gasteiger partial charge in [0.25, 0.3) is 0 Å². The van der Waals surface area contributed by atoms with Crippen LogP contribution in [-0.2, 0) is 21.2 Å². The molecule has 0 radical (unpaired) electrons. The lowest BCUT2D eigenvalue weighted by atomic mass is 10.0. The Morgan fingerprint density at radius 3 is 2.21 bits per heavy atom. The molecule has 0 spiro atoms. The highest BCUT2D eigenvalue weighted by atomic mass is 32.2. The zero-order valence-corrected chi connectivity index (χ0v) is 12.1. The molecule has 0 amide bonds. The standard InChI is InChI=1S/C13H19NO4S/c1-4-13(2,3)14-19(17,18)11-7-5-10(6-8-11)9-12(15)16/h5-8,14H,4,9H2,1-3H3,(H,15,16). The van der Waals surface area contributed by atoms with Crippen LogP contribution < -0.4 is 4.72 Å². The fourth-order valence-electron chi connectivity index (χ4n) is 1.46. The predicted molar refractivity (Wildman–Crippen MR) is 72.5 cm³/mol. The van der Waals surface area contributed by atoms with Crippen molar-refractivity contribution in [2.24, 2.45) is 0 Å². The van der Waals surface area contributed by atoms with Gasteiger partial charge in [0.15, 0.2) is 0 Å². The van der Waals surface area contributed by atoms with E-state index in [4.69, 9.17) is 5.11 Å². The van der Waals surface area contributed by atoms with Crippen LogP contribution >= 0.6 is 0 Å². The van der Waals surface area contributed by atoms with E-state index < -0.39 is 21.5 Å². The van der Waals surface area contributed by atoms with Gasteiger partial charge in [0.05, 0.1) is 11.3 Å². The summed E-state index contributed by atoms with van der Waals surface area (Å²) in [6, 6.07) is 5.88. The van der Waals surface area contributed by atoms with Crippen LogP contribution in [0.1, 0.15) is 32.8 Å². The minimum absolute atomic E-state index is 0.117. The van der Waals surface area contributed by atoms with E-state index in [1.807, 2.05) is 20.8 Å². The summed E-state index contributed by atoms with van der Waals surface area (Å²) in [7, 11) is -3.57. The minimum Gasteiger partial charge on any atom is -0.481 e. The first-order valence-electron chi connectivity index (χ1n) is 6.01. The maximum Gasteiger partial charge on any atom is 0.307 e. The highest BCUT2D eigenvalue weighted by molar-refractivity contribution is 7.89. The number of hydrogen-bond acceptors (Lipinski definition) is 3. The fraction of sp³-hybridized carbons (Fsp3) is 0.462. The van der Waals surface area contributed by atoms with Crippen LogP contribution in [-0.4, -0.2) is 25.0 Å². The molecule has 6 heteroatoms. The van der Waals surface area contributed by atoms with Crippen molar-refractivity contribution < 1.29 is 18.3 Å². The van der Waals surface area contributed by atoms with Gasteiger partial charge in [-0.2, -0.15) is 0 Å². The summed E-state index contributed by atoms with van der Waals surface area (Å²) in [6.07, 6.45) is 0.553. The van der Waals surface area contributed by atoms with Crippen molar-refractivity contribution in [1.82, 2.24) is 4.72 Å². The van der Waals surface area contributed by atoms with Gasteiger partial charge in [-0.1, -0.05) is 19.1 Å². The van der Waals surface area contributed by atoms with E-state index in [2.05, 4.69) is 4.72 Å². The molecule has 0 atom stereocenters. The number of sulfonamides is 1. The van der Waals surface area contributed by atoms with Crippen molar-refractivity contribution in [3.05, 3.63) is 29.8 Å². The number of benzene rings is 1. The van der Waals surface area contributed by atoms with E-state index >= 15 is 0 Å². The zero-order chi connectivity index (χ0) is 14.7. The van der Waals surface area contributed by atoms with E-state index in [0.29, 0.717) is 12.0 Å². The highest BCUT2D eigenvalue weighted by Gasteiger charge is 2.24. The van der Waals surface area contributed by atoms with Gasteiger partial charge < -0.3 is 5.11 Å². The van der Waals surface area contributed by atoms with Crippen LogP contribution in [0.2, 0.25) is 0 Å². The molecule has 0 saturated heterocycles. The van der Waals surface area contributed by atoms with Crippen LogP contribution in [0.25, 0.3) is 0 Å². The van der Waals surface area contributed by atoms with E-state index in [0.717, 1.165) is 0 Å². The molecule has 19 heavy (non-hydrogen) atoms. The molecule has 1 aromatic carbocycles. The Kier molecular flexibility index (Phi) is 4.70. The van der Waals surface area contributed by atoms with Gasteiger partial charge in [-0.05, 0) is 38.0 Å². The van der Waals surface area contributed by atoms with E-state index in [-0.39, 0.29) is 11.3 Å². The second kappa shape index (κ2) is 5.71. The van der Waals surface area contributed by atoms with Crippen LogP contribution in [0.4, 0.5) is 0 Å². The molecule has 0 aliphatic carbocycles. The number of carbonyl (C=O) groups is 1. The Balaban J connectivity index is 2.94. The van der Waals surface area contributed by atoms with Gasteiger partial charge in [-0.25, -0.2) is 13.1 Å². The van der Waals surface area contributed by atoms with Crippen molar-refractivity contribution in [2.75, 3.05) is 0 Å². The van der Waals surface area contributed by atoms with Gasteiger partial charge in [0.1, 0.15) is 0 Å². The third kappa shape index (κ3) is 4.65. The normalized spacial score (nSPS) is 12.4. The number of hydrogen-bond donors (Lipinski definition) is 2. The maximum atomic E-state index is 12.1. The van der Waals surface area contributed by atoms with Crippen molar-refractivity contribution in [2.45, 2.75) is 44.0 Å². The van der Waals surface area contributed by atoms with Gasteiger partial charge in [-0.3, -0.25) is 4.79 Å². The first-order valence-corrected chi connectivity index (χ1v) is 7.49. The van der Waals surface area contributed by atoms with Crippen LogP contribution in [0.3, 0.4) is 0 Å². The van der Waals surface area contributed by atoms with Gasteiger partial charge in [-0.15, -0.1) is 0 Å². The average Bonchev–Trinajstić information content (AvgIpc) is 2.27. The Bertz CT molecular complexity index is 547. The zero-order valence-electron chi connectivity index (χ0n) is 11.3. The van der Waals surface area contributed by atoms with E-state index in [9.17, 15) is 13.2 Å². The molecule has 1 aromatic rings. The van der Waals surface area contributed by atoms with Crippen LogP contribution in [0, 0.1) is 0 Å². The summed E-state index contributed by atoms with van der Waals surface area (Å²) in [5.74, 6) is -0.944. The van der Waals surface area contributed by atoms with E-state index in [1.54, 1.807) is 0 Å². The van der Waals surface area contributed by atoms with Crippen molar-refractivity contribution in [3.63, 3.8) is 0 Å². The average molecular weight is 285 g/mol. The number of carboxylic acid groups (broad SMARTS) is 1. The number of rotatable bonds is 6. The summed E-state index contributed by atoms with van der Waals surface area (Å²) in [6.45, 7) is 5.52. The SMILES string of the molecule is CCC(C)(C)NS(=O)(=O)c1ccc(CC(=O)O)cc1. The first kappa shape index (κ1) is 15.7. The van der Waals surface area contributed by atoms with Gasteiger partial charge in [0, 0.05) is 5.54 Å². The third-order valence-corrected chi connectivity index (χ3v) is 4.60.